The van der Waals surface area contributed by atoms with Gasteiger partial charge in [0.25, 0.3) is 0 Å². The van der Waals surface area contributed by atoms with Gasteiger partial charge >= 0.3 is 0 Å². The average molecular weight is 177 g/mol. The van der Waals surface area contributed by atoms with Crippen LogP contribution in [0, 0.1) is 0 Å². The first kappa shape index (κ1) is 9.78. The summed E-state index contributed by atoms with van der Waals surface area (Å²) in [5.41, 5.74) is 0.529. The van der Waals surface area contributed by atoms with Crippen molar-refractivity contribution in [2.45, 2.75) is 26.4 Å². The van der Waals surface area contributed by atoms with E-state index in [1.54, 1.807) is 18.2 Å². The third kappa shape index (κ3) is 2.90. The van der Waals surface area contributed by atoms with Gasteiger partial charge in [0, 0.05) is 5.56 Å². The topological polar surface area (TPSA) is 26.3 Å². The second kappa shape index (κ2) is 4.65. The molecule has 0 aliphatic rings. The van der Waals surface area contributed by atoms with Crippen LogP contribution < -0.4 is 4.74 Å². The van der Waals surface area contributed by atoms with E-state index in [9.17, 15) is 4.79 Å². The van der Waals surface area contributed by atoms with Gasteiger partial charge in [-0.25, -0.2) is 0 Å². The fourth-order valence-electron chi connectivity index (χ4n) is 0.949. The Labute approximate surface area is 78.5 Å². The summed E-state index contributed by atoms with van der Waals surface area (Å²) >= 11 is 0. The monoisotopic (exact) mass is 177 g/mol. The second-order valence-corrected chi connectivity index (χ2v) is 2.97. The molecule has 1 aromatic carbocycles. The van der Waals surface area contributed by atoms with Crippen molar-refractivity contribution in [3.63, 3.8) is 0 Å². The predicted octanol–water partition coefficient (Wildman–Crippen LogP) is 2.32. The Bertz CT molecular complexity index is 281. The minimum atomic E-state index is 0.182. The third-order valence-electron chi connectivity index (χ3n) is 1.86. The highest BCUT2D eigenvalue weighted by Gasteiger charge is 2.01. The lowest BCUT2D eigenvalue weighted by molar-refractivity contribution is 0.217. The average Bonchev–Trinajstić information content (AvgIpc) is 2.18. The Morgan fingerprint density at radius 1 is 1.54 bits per heavy atom. The fourth-order valence-corrected chi connectivity index (χ4v) is 0.949. The summed E-state index contributed by atoms with van der Waals surface area (Å²) in [6.07, 6.45) is 2.96. The molecule has 1 rings (SSSR count). The van der Waals surface area contributed by atoms with Crippen molar-refractivity contribution in [3.05, 3.63) is 29.8 Å². The third-order valence-corrected chi connectivity index (χ3v) is 1.86. The van der Waals surface area contributed by atoms with Gasteiger partial charge in [-0.2, -0.15) is 0 Å². The van der Waals surface area contributed by atoms with Crippen LogP contribution in [0.4, 0.5) is 0 Å². The van der Waals surface area contributed by atoms with Crippen molar-refractivity contribution < 1.29 is 9.53 Å². The molecule has 0 spiro atoms. The number of rotatable bonds is 4. The van der Waals surface area contributed by atoms with Crippen molar-refractivity contribution >= 4 is 6.29 Å². The molecule has 0 aromatic heterocycles. The molecule has 0 fully saturated rings. The van der Waals surface area contributed by atoms with Crippen molar-refractivity contribution in [3.8, 4) is 5.75 Å². The SMILES string of the molecule is CCC(C)Oc1cccc([C]=O)c1. The molecule has 1 radical (unpaired) electrons. The van der Waals surface area contributed by atoms with E-state index in [0.29, 0.717) is 5.56 Å². The summed E-state index contributed by atoms with van der Waals surface area (Å²) in [4.78, 5) is 10.3. The Morgan fingerprint density at radius 2 is 2.31 bits per heavy atom. The van der Waals surface area contributed by atoms with Crippen molar-refractivity contribution in [1.82, 2.24) is 0 Å². The van der Waals surface area contributed by atoms with Gasteiger partial charge in [0.2, 0.25) is 6.29 Å². The normalized spacial score (nSPS) is 12.2. The van der Waals surface area contributed by atoms with Gasteiger partial charge in [-0.3, -0.25) is 4.79 Å². The molecule has 69 valence electrons. The van der Waals surface area contributed by atoms with Gasteiger partial charge in [-0.05, 0) is 25.5 Å². The summed E-state index contributed by atoms with van der Waals surface area (Å²) in [5.74, 6) is 0.732. The number of carbonyl (C=O) groups excluding carboxylic acids is 1. The molecular weight excluding hydrogens is 164 g/mol. The van der Waals surface area contributed by atoms with E-state index in [1.807, 2.05) is 19.3 Å². The predicted molar refractivity (Wildman–Crippen MR) is 51.6 cm³/mol. The van der Waals surface area contributed by atoms with E-state index in [4.69, 9.17) is 4.74 Å². The fraction of sp³-hybridized carbons (Fsp3) is 0.364. The quantitative estimate of drug-likeness (QED) is 0.705. The largest absolute Gasteiger partial charge is 0.491 e. The maximum absolute atomic E-state index is 10.3. The lowest BCUT2D eigenvalue weighted by atomic mass is 10.2. The maximum atomic E-state index is 10.3. The molecule has 0 heterocycles. The highest BCUT2D eigenvalue weighted by atomic mass is 16.5. The summed E-state index contributed by atoms with van der Waals surface area (Å²) in [7, 11) is 0. The van der Waals surface area contributed by atoms with Crippen molar-refractivity contribution in [2.24, 2.45) is 0 Å². The number of benzene rings is 1. The highest BCUT2D eigenvalue weighted by molar-refractivity contribution is 5.75. The number of ether oxygens (including phenoxy) is 1. The van der Waals surface area contributed by atoms with Gasteiger partial charge in [-0.1, -0.05) is 19.1 Å². The smallest absolute Gasteiger partial charge is 0.233 e. The van der Waals surface area contributed by atoms with Crippen molar-refractivity contribution in [1.29, 1.82) is 0 Å². The summed E-state index contributed by atoms with van der Waals surface area (Å²) in [5, 5.41) is 0. The molecule has 0 saturated heterocycles. The van der Waals surface area contributed by atoms with Gasteiger partial charge in [0.15, 0.2) is 0 Å². The van der Waals surface area contributed by atoms with Gasteiger partial charge < -0.3 is 4.74 Å². The van der Waals surface area contributed by atoms with E-state index < -0.39 is 0 Å². The minimum absolute atomic E-state index is 0.182. The van der Waals surface area contributed by atoms with Crippen LogP contribution in [-0.2, 0) is 4.79 Å². The van der Waals surface area contributed by atoms with Crippen LogP contribution in [0.15, 0.2) is 24.3 Å². The molecule has 0 aliphatic carbocycles. The van der Waals surface area contributed by atoms with Crippen LogP contribution in [0.3, 0.4) is 0 Å². The Balaban J connectivity index is 2.71. The molecule has 1 aromatic rings. The Kier molecular flexibility index (Phi) is 3.50. The number of hydrogen-bond acceptors (Lipinski definition) is 2. The molecule has 0 N–H and O–H groups in total. The van der Waals surface area contributed by atoms with E-state index >= 15 is 0 Å². The van der Waals surface area contributed by atoms with E-state index in [1.165, 1.54) is 0 Å². The molecule has 2 nitrogen and oxygen atoms in total. The summed E-state index contributed by atoms with van der Waals surface area (Å²) in [6, 6.07) is 7.03. The minimum Gasteiger partial charge on any atom is -0.491 e. The standard InChI is InChI=1S/C11H13O2/c1-3-9(2)13-11-6-4-5-10(7-11)8-12/h4-7,9H,3H2,1-2H3. The lowest BCUT2D eigenvalue weighted by Crippen LogP contribution is -2.09. The molecule has 0 bridgehead atoms. The zero-order valence-electron chi connectivity index (χ0n) is 7.91. The van der Waals surface area contributed by atoms with Crippen LogP contribution in [-0.4, -0.2) is 12.4 Å². The molecule has 1 unspecified atom stereocenters. The first-order valence-corrected chi connectivity index (χ1v) is 4.41. The van der Waals surface area contributed by atoms with Crippen LogP contribution in [0.25, 0.3) is 0 Å². The first-order chi connectivity index (χ1) is 6.26. The molecule has 1 atom stereocenters. The Morgan fingerprint density at radius 3 is 2.92 bits per heavy atom. The van der Waals surface area contributed by atoms with E-state index in [0.717, 1.165) is 12.2 Å². The first-order valence-electron chi connectivity index (χ1n) is 4.41. The van der Waals surface area contributed by atoms with Crippen LogP contribution >= 0.6 is 0 Å². The van der Waals surface area contributed by atoms with Crippen LogP contribution in [0.5, 0.6) is 5.75 Å². The van der Waals surface area contributed by atoms with Gasteiger partial charge in [-0.15, -0.1) is 0 Å². The maximum Gasteiger partial charge on any atom is 0.233 e. The van der Waals surface area contributed by atoms with E-state index in [-0.39, 0.29) is 6.10 Å². The van der Waals surface area contributed by atoms with Gasteiger partial charge in [0.05, 0.1) is 6.10 Å². The second-order valence-electron chi connectivity index (χ2n) is 2.97. The lowest BCUT2D eigenvalue weighted by Gasteiger charge is -2.12. The van der Waals surface area contributed by atoms with Crippen LogP contribution in [0.2, 0.25) is 0 Å². The molecule has 13 heavy (non-hydrogen) atoms. The van der Waals surface area contributed by atoms with Crippen LogP contribution in [0.1, 0.15) is 25.8 Å². The zero-order valence-corrected chi connectivity index (χ0v) is 7.91. The molecule has 0 saturated carbocycles. The highest BCUT2D eigenvalue weighted by Crippen LogP contribution is 2.14. The number of hydrogen-bond donors (Lipinski definition) is 0. The molecule has 2 heteroatoms. The summed E-state index contributed by atoms with van der Waals surface area (Å²) in [6.45, 7) is 4.05. The summed E-state index contributed by atoms with van der Waals surface area (Å²) < 4.78 is 5.53. The zero-order chi connectivity index (χ0) is 9.68. The Hall–Kier alpha value is -1.31. The van der Waals surface area contributed by atoms with Gasteiger partial charge in [0.1, 0.15) is 5.75 Å². The molecule has 0 amide bonds. The van der Waals surface area contributed by atoms with E-state index in [2.05, 4.69) is 6.92 Å². The van der Waals surface area contributed by atoms with Crippen molar-refractivity contribution in [2.75, 3.05) is 0 Å². The molecule has 0 aliphatic heterocycles. The molecular formula is C11H13O2.